The third-order valence-corrected chi connectivity index (χ3v) is 3.56. The van der Waals surface area contributed by atoms with Crippen molar-refractivity contribution in [3.8, 4) is 0 Å². The van der Waals surface area contributed by atoms with Crippen LogP contribution in [-0.4, -0.2) is 53.1 Å². The summed E-state index contributed by atoms with van der Waals surface area (Å²) in [6, 6.07) is 9.49. The third-order valence-electron chi connectivity index (χ3n) is 3.00. The lowest BCUT2D eigenvalue weighted by molar-refractivity contribution is -0.125. The molecular formula is C16H25NO6S. The lowest BCUT2D eigenvalue weighted by atomic mass is 10.2. The van der Waals surface area contributed by atoms with Crippen LogP contribution in [0, 0.1) is 0 Å². The highest BCUT2D eigenvalue weighted by molar-refractivity contribution is 7.85. The molecule has 0 saturated carbocycles. The second-order valence-electron chi connectivity index (χ2n) is 5.14. The number of benzene rings is 1. The van der Waals surface area contributed by atoms with Gasteiger partial charge in [-0.2, -0.15) is 8.42 Å². The Kier molecular flexibility index (Phi) is 9.55. The fourth-order valence-electron chi connectivity index (χ4n) is 1.86. The summed E-state index contributed by atoms with van der Waals surface area (Å²) < 4.78 is 37.6. The van der Waals surface area contributed by atoms with Crippen molar-refractivity contribution in [1.82, 2.24) is 5.32 Å². The molecule has 7 nitrogen and oxygen atoms in total. The molecule has 1 aromatic rings. The zero-order valence-corrected chi connectivity index (χ0v) is 14.9. The molecule has 1 rings (SSSR count). The molecule has 1 N–H and O–H groups in total. The molecule has 1 amide bonds. The van der Waals surface area contributed by atoms with E-state index in [0.29, 0.717) is 19.8 Å². The van der Waals surface area contributed by atoms with Crippen LogP contribution >= 0.6 is 0 Å². The molecule has 0 heterocycles. The second-order valence-corrected chi connectivity index (χ2v) is 6.79. The SMILES string of the molecule is CCOCCO[C@H](COS(C)(=O)=O)CC(=O)NCc1ccccc1. The molecule has 24 heavy (non-hydrogen) atoms. The maximum absolute atomic E-state index is 12.0. The largest absolute Gasteiger partial charge is 0.379 e. The van der Waals surface area contributed by atoms with Gasteiger partial charge in [-0.15, -0.1) is 0 Å². The van der Waals surface area contributed by atoms with Crippen molar-refractivity contribution in [2.24, 2.45) is 0 Å². The molecule has 0 radical (unpaired) electrons. The van der Waals surface area contributed by atoms with Crippen LogP contribution in [0.4, 0.5) is 0 Å². The van der Waals surface area contributed by atoms with Gasteiger partial charge in [-0.05, 0) is 12.5 Å². The molecule has 136 valence electrons. The first-order valence-corrected chi connectivity index (χ1v) is 9.56. The summed E-state index contributed by atoms with van der Waals surface area (Å²) in [7, 11) is -3.59. The van der Waals surface area contributed by atoms with Gasteiger partial charge in [0.1, 0.15) is 0 Å². The predicted molar refractivity (Wildman–Crippen MR) is 89.9 cm³/mol. The van der Waals surface area contributed by atoms with Crippen molar-refractivity contribution in [2.45, 2.75) is 26.0 Å². The van der Waals surface area contributed by atoms with Crippen molar-refractivity contribution in [3.63, 3.8) is 0 Å². The van der Waals surface area contributed by atoms with E-state index >= 15 is 0 Å². The minimum absolute atomic E-state index is 0.00841. The fraction of sp³-hybridized carbons (Fsp3) is 0.562. The Morgan fingerprint density at radius 3 is 2.54 bits per heavy atom. The van der Waals surface area contributed by atoms with E-state index in [2.05, 4.69) is 5.32 Å². The zero-order valence-electron chi connectivity index (χ0n) is 14.1. The van der Waals surface area contributed by atoms with Crippen LogP contribution in [0.15, 0.2) is 30.3 Å². The van der Waals surface area contributed by atoms with Gasteiger partial charge < -0.3 is 14.8 Å². The zero-order chi connectivity index (χ0) is 17.8. The summed E-state index contributed by atoms with van der Waals surface area (Å²) in [5.41, 5.74) is 0.979. The van der Waals surface area contributed by atoms with Crippen molar-refractivity contribution < 1.29 is 26.9 Å². The summed E-state index contributed by atoms with van der Waals surface area (Å²) in [6.07, 6.45) is 0.310. The molecule has 0 spiro atoms. The first kappa shape index (κ1) is 20.6. The van der Waals surface area contributed by atoms with E-state index in [-0.39, 0.29) is 25.5 Å². The van der Waals surface area contributed by atoms with Gasteiger partial charge in [0.15, 0.2) is 0 Å². The number of amides is 1. The number of nitrogens with one attached hydrogen (secondary N) is 1. The molecule has 0 unspecified atom stereocenters. The average molecular weight is 359 g/mol. The van der Waals surface area contributed by atoms with Gasteiger partial charge in [0.05, 0.1) is 38.6 Å². The smallest absolute Gasteiger partial charge is 0.264 e. The Morgan fingerprint density at radius 2 is 1.92 bits per heavy atom. The van der Waals surface area contributed by atoms with Crippen LogP contribution < -0.4 is 5.32 Å². The van der Waals surface area contributed by atoms with Crippen molar-refractivity contribution in [1.29, 1.82) is 0 Å². The summed E-state index contributed by atoms with van der Waals surface area (Å²) in [4.78, 5) is 12.0. The molecule has 0 saturated heterocycles. The maximum Gasteiger partial charge on any atom is 0.264 e. The number of carbonyl (C=O) groups is 1. The lowest BCUT2D eigenvalue weighted by Crippen LogP contribution is -2.32. The molecule has 0 aliphatic carbocycles. The molecule has 0 bridgehead atoms. The molecule has 8 heteroatoms. The van der Waals surface area contributed by atoms with E-state index in [1.807, 2.05) is 37.3 Å². The van der Waals surface area contributed by atoms with Gasteiger partial charge in [-0.1, -0.05) is 30.3 Å². The summed E-state index contributed by atoms with van der Waals surface area (Å²) in [5.74, 6) is -0.239. The van der Waals surface area contributed by atoms with Crippen LogP contribution in [0.25, 0.3) is 0 Å². The molecular weight excluding hydrogens is 334 g/mol. The van der Waals surface area contributed by atoms with Crippen molar-refractivity contribution in [3.05, 3.63) is 35.9 Å². The minimum atomic E-state index is -3.59. The van der Waals surface area contributed by atoms with Crippen LogP contribution in [0.3, 0.4) is 0 Å². The normalized spacial score (nSPS) is 12.8. The van der Waals surface area contributed by atoms with Gasteiger partial charge in [0.25, 0.3) is 10.1 Å². The molecule has 0 aromatic heterocycles. The van der Waals surface area contributed by atoms with Gasteiger partial charge in [-0.25, -0.2) is 0 Å². The molecule has 1 atom stereocenters. The summed E-state index contributed by atoms with van der Waals surface area (Å²) in [6.45, 7) is 3.25. The average Bonchev–Trinajstić information content (AvgIpc) is 2.54. The monoisotopic (exact) mass is 359 g/mol. The second kappa shape index (κ2) is 11.1. The summed E-state index contributed by atoms with van der Waals surface area (Å²) >= 11 is 0. The Bertz CT molecular complexity index is 575. The van der Waals surface area contributed by atoms with Gasteiger partial charge in [0.2, 0.25) is 5.91 Å². The van der Waals surface area contributed by atoms with E-state index in [4.69, 9.17) is 13.7 Å². The fourth-order valence-corrected chi connectivity index (χ4v) is 2.26. The Morgan fingerprint density at radius 1 is 1.21 bits per heavy atom. The highest BCUT2D eigenvalue weighted by Gasteiger charge is 2.17. The lowest BCUT2D eigenvalue weighted by Gasteiger charge is -2.17. The van der Waals surface area contributed by atoms with Gasteiger partial charge in [0, 0.05) is 13.2 Å². The highest BCUT2D eigenvalue weighted by Crippen LogP contribution is 2.04. The van der Waals surface area contributed by atoms with E-state index in [9.17, 15) is 13.2 Å². The number of hydrogen-bond donors (Lipinski definition) is 1. The summed E-state index contributed by atoms with van der Waals surface area (Å²) in [5, 5.41) is 2.77. The Balaban J connectivity index is 2.43. The van der Waals surface area contributed by atoms with E-state index < -0.39 is 16.2 Å². The Labute approximate surface area is 143 Å². The van der Waals surface area contributed by atoms with Crippen LogP contribution in [0.2, 0.25) is 0 Å². The number of rotatable bonds is 12. The van der Waals surface area contributed by atoms with Crippen LogP contribution in [0.5, 0.6) is 0 Å². The van der Waals surface area contributed by atoms with Gasteiger partial charge in [-0.3, -0.25) is 8.98 Å². The van der Waals surface area contributed by atoms with Crippen LogP contribution in [0.1, 0.15) is 18.9 Å². The number of carbonyl (C=O) groups excluding carboxylic acids is 1. The Hall–Kier alpha value is -1.48. The first-order chi connectivity index (χ1) is 11.4. The minimum Gasteiger partial charge on any atom is -0.379 e. The quantitative estimate of drug-likeness (QED) is 0.444. The molecule has 1 aromatic carbocycles. The van der Waals surface area contributed by atoms with Crippen molar-refractivity contribution in [2.75, 3.05) is 32.7 Å². The van der Waals surface area contributed by atoms with E-state index in [0.717, 1.165) is 11.8 Å². The number of hydrogen-bond acceptors (Lipinski definition) is 6. The third kappa shape index (κ3) is 10.3. The van der Waals surface area contributed by atoms with E-state index in [1.165, 1.54) is 0 Å². The maximum atomic E-state index is 12.0. The first-order valence-electron chi connectivity index (χ1n) is 7.75. The number of ether oxygens (including phenoxy) is 2. The van der Waals surface area contributed by atoms with Crippen molar-refractivity contribution >= 4 is 16.0 Å². The predicted octanol–water partition coefficient (Wildman–Crippen LogP) is 1.09. The van der Waals surface area contributed by atoms with E-state index in [1.54, 1.807) is 0 Å². The highest BCUT2D eigenvalue weighted by atomic mass is 32.2. The topological polar surface area (TPSA) is 90.9 Å². The molecule has 0 aliphatic heterocycles. The molecule has 0 aliphatic rings. The standard InChI is InChI=1S/C16H25NO6S/c1-3-21-9-10-22-15(13-23-24(2,19)20)11-16(18)17-12-14-7-5-4-6-8-14/h4-8,15H,3,9-13H2,1-2H3,(H,17,18)/t15-/m0/s1. The van der Waals surface area contributed by atoms with Crippen LogP contribution in [-0.2, 0) is 35.1 Å². The molecule has 0 fully saturated rings. The van der Waals surface area contributed by atoms with Gasteiger partial charge >= 0.3 is 0 Å².